The predicted octanol–water partition coefficient (Wildman–Crippen LogP) is 3.98. The molecule has 4 rings (SSSR count). The monoisotopic (exact) mass is 465 g/mol. The molecule has 0 bridgehead atoms. The molecule has 1 aliphatic carbocycles. The van der Waals surface area contributed by atoms with Gasteiger partial charge in [0.15, 0.2) is 0 Å². The van der Waals surface area contributed by atoms with Crippen molar-refractivity contribution in [1.29, 1.82) is 0 Å². The molecule has 1 aromatic heterocycles. The molecule has 1 heterocycles. The van der Waals surface area contributed by atoms with Crippen LogP contribution in [0, 0.1) is 0 Å². The molecule has 1 saturated carbocycles. The van der Waals surface area contributed by atoms with Gasteiger partial charge in [-0.05, 0) is 43.2 Å². The molecule has 3 aromatic rings. The Labute approximate surface area is 183 Å². The summed E-state index contributed by atoms with van der Waals surface area (Å²) in [5.74, 6) is -0.770. The van der Waals surface area contributed by atoms with Crippen LogP contribution >= 0.6 is 23.2 Å². The molecule has 1 N–H and O–H groups in total. The number of para-hydroxylation sites is 1. The summed E-state index contributed by atoms with van der Waals surface area (Å²) >= 11 is 12.2. The van der Waals surface area contributed by atoms with E-state index in [0.29, 0.717) is 5.69 Å². The fourth-order valence-electron chi connectivity index (χ4n) is 2.76. The lowest BCUT2D eigenvalue weighted by Gasteiger charge is -2.11. The maximum Gasteiger partial charge on any atom is 0.340 e. The van der Waals surface area contributed by atoms with Gasteiger partial charge in [0.1, 0.15) is 17.2 Å². The Morgan fingerprint density at radius 3 is 2.57 bits per heavy atom. The van der Waals surface area contributed by atoms with Crippen molar-refractivity contribution in [2.75, 3.05) is 0 Å². The standard InChI is InChI=1S/C20H17Cl2N3O4S/c21-17-11-18(22)19(30(27,28)24-13-6-7-13)10-16(17)20(26)29-12-14-8-9-25(23-14)15-4-2-1-3-5-15/h1-5,8-11,13,24H,6-7,12H2. The first-order chi connectivity index (χ1) is 14.3. The van der Waals surface area contributed by atoms with E-state index in [-0.39, 0.29) is 33.2 Å². The fourth-order valence-corrected chi connectivity index (χ4v) is 4.91. The molecular formula is C20H17Cl2N3O4S. The molecule has 1 aliphatic rings. The number of hydrogen-bond donors (Lipinski definition) is 1. The van der Waals surface area contributed by atoms with E-state index < -0.39 is 16.0 Å². The van der Waals surface area contributed by atoms with Gasteiger partial charge in [-0.1, -0.05) is 41.4 Å². The normalized spacial score (nSPS) is 13.9. The second-order valence-electron chi connectivity index (χ2n) is 6.82. The minimum atomic E-state index is -3.86. The van der Waals surface area contributed by atoms with Crippen LogP contribution in [-0.4, -0.2) is 30.2 Å². The number of esters is 1. The zero-order valence-corrected chi connectivity index (χ0v) is 17.9. The van der Waals surface area contributed by atoms with Gasteiger partial charge in [-0.15, -0.1) is 0 Å². The number of sulfonamides is 1. The zero-order chi connectivity index (χ0) is 21.3. The van der Waals surface area contributed by atoms with Crippen molar-refractivity contribution in [3.8, 4) is 5.69 Å². The largest absolute Gasteiger partial charge is 0.455 e. The molecule has 0 amide bonds. The lowest BCUT2D eigenvalue weighted by molar-refractivity contribution is 0.0467. The van der Waals surface area contributed by atoms with E-state index >= 15 is 0 Å². The summed E-state index contributed by atoms with van der Waals surface area (Å²) < 4.78 is 34.5. The first-order valence-corrected chi connectivity index (χ1v) is 11.4. The van der Waals surface area contributed by atoms with Crippen molar-refractivity contribution in [3.05, 3.63) is 76.0 Å². The summed E-state index contributed by atoms with van der Waals surface area (Å²) in [6, 6.07) is 13.5. The van der Waals surface area contributed by atoms with Gasteiger partial charge in [0, 0.05) is 12.2 Å². The highest BCUT2D eigenvalue weighted by atomic mass is 35.5. The highest BCUT2D eigenvalue weighted by Crippen LogP contribution is 2.31. The third kappa shape index (κ3) is 4.67. The Balaban J connectivity index is 1.49. The topological polar surface area (TPSA) is 90.3 Å². The molecule has 10 heteroatoms. The van der Waals surface area contributed by atoms with Gasteiger partial charge < -0.3 is 4.74 Å². The molecule has 0 unspecified atom stereocenters. The number of ether oxygens (including phenoxy) is 1. The van der Waals surface area contributed by atoms with Gasteiger partial charge in [0.2, 0.25) is 10.0 Å². The van der Waals surface area contributed by atoms with Crippen LogP contribution in [0.5, 0.6) is 0 Å². The maximum atomic E-state index is 12.5. The molecule has 0 radical (unpaired) electrons. The molecule has 1 fully saturated rings. The number of hydrogen-bond acceptors (Lipinski definition) is 5. The number of carbonyl (C=O) groups is 1. The van der Waals surface area contributed by atoms with Gasteiger partial charge in [-0.3, -0.25) is 0 Å². The molecule has 7 nitrogen and oxygen atoms in total. The summed E-state index contributed by atoms with van der Waals surface area (Å²) in [6.45, 7) is -0.0972. The minimum Gasteiger partial charge on any atom is -0.455 e. The molecule has 0 saturated heterocycles. The van der Waals surface area contributed by atoms with Crippen molar-refractivity contribution < 1.29 is 17.9 Å². The average molecular weight is 466 g/mol. The SMILES string of the molecule is O=C(OCc1ccn(-c2ccccc2)n1)c1cc(S(=O)(=O)NC2CC2)c(Cl)cc1Cl. The van der Waals surface area contributed by atoms with Crippen LogP contribution in [0.4, 0.5) is 0 Å². The Kier molecular flexibility index (Phi) is 5.84. The summed E-state index contributed by atoms with van der Waals surface area (Å²) in [4.78, 5) is 12.3. The molecule has 2 aromatic carbocycles. The lowest BCUT2D eigenvalue weighted by Crippen LogP contribution is -2.26. The molecular weight excluding hydrogens is 449 g/mol. The van der Waals surface area contributed by atoms with Crippen LogP contribution in [-0.2, 0) is 21.4 Å². The van der Waals surface area contributed by atoms with Crippen LogP contribution in [0.25, 0.3) is 5.69 Å². The van der Waals surface area contributed by atoms with Gasteiger partial charge in [-0.25, -0.2) is 22.6 Å². The van der Waals surface area contributed by atoms with Crippen LogP contribution in [0.2, 0.25) is 10.0 Å². The van der Waals surface area contributed by atoms with Crippen molar-refractivity contribution in [1.82, 2.24) is 14.5 Å². The number of carbonyl (C=O) groups excluding carboxylic acids is 1. The van der Waals surface area contributed by atoms with Gasteiger partial charge in [-0.2, -0.15) is 5.10 Å². The maximum absolute atomic E-state index is 12.5. The summed E-state index contributed by atoms with van der Waals surface area (Å²) in [7, 11) is -3.86. The Morgan fingerprint density at radius 1 is 1.13 bits per heavy atom. The van der Waals surface area contributed by atoms with Gasteiger partial charge >= 0.3 is 5.97 Å². The van der Waals surface area contributed by atoms with E-state index in [1.807, 2.05) is 30.3 Å². The lowest BCUT2D eigenvalue weighted by atomic mass is 10.2. The van der Waals surface area contributed by atoms with Crippen molar-refractivity contribution in [2.45, 2.75) is 30.4 Å². The summed E-state index contributed by atoms with van der Waals surface area (Å²) in [5, 5.41) is 4.30. The quantitative estimate of drug-likeness (QED) is 0.532. The van der Waals surface area contributed by atoms with E-state index in [4.69, 9.17) is 27.9 Å². The van der Waals surface area contributed by atoms with E-state index in [0.717, 1.165) is 24.6 Å². The van der Waals surface area contributed by atoms with E-state index in [1.165, 1.54) is 6.07 Å². The van der Waals surface area contributed by atoms with Gasteiger partial charge in [0.25, 0.3) is 0 Å². The number of halogens is 2. The van der Waals surface area contributed by atoms with Crippen LogP contribution in [0.15, 0.2) is 59.6 Å². The second kappa shape index (κ2) is 8.39. The van der Waals surface area contributed by atoms with Gasteiger partial charge in [0.05, 0.1) is 21.3 Å². The molecule has 0 aliphatic heterocycles. The number of aromatic nitrogens is 2. The number of rotatable bonds is 7. The van der Waals surface area contributed by atoms with E-state index in [9.17, 15) is 13.2 Å². The Morgan fingerprint density at radius 2 is 1.87 bits per heavy atom. The highest BCUT2D eigenvalue weighted by molar-refractivity contribution is 7.89. The first kappa shape index (κ1) is 20.9. The molecule has 30 heavy (non-hydrogen) atoms. The molecule has 0 spiro atoms. The van der Waals surface area contributed by atoms with Crippen molar-refractivity contribution in [3.63, 3.8) is 0 Å². The number of benzene rings is 2. The molecule has 156 valence electrons. The smallest absolute Gasteiger partial charge is 0.340 e. The van der Waals surface area contributed by atoms with E-state index in [2.05, 4.69) is 9.82 Å². The third-order valence-corrected chi connectivity index (χ3v) is 6.74. The number of nitrogens with one attached hydrogen (secondary N) is 1. The summed E-state index contributed by atoms with van der Waals surface area (Å²) in [5.41, 5.74) is 1.31. The van der Waals surface area contributed by atoms with Crippen molar-refractivity contribution in [2.24, 2.45) is 0 Å². The highest BCUT2D eigenvalue weighted by Gasteiger charge is 2.30. The third-order valence-electron chi connectivity index (χ3n) is 4.45. The van der Waals surface area contributed by atoms with Crippen LogP contribution in [0.1, 0.15) is 28.9 Å². The minimum absolute atomic E-state index is 0.00480. The van der Waals surface area contributed by atoms with Crippen LogP contribution < -0.4 is 4.72 Å². The summed E-state index contributed by atoms with van der Waals surface area (Å²) in [6.07, 6.45) is 3.30. The zero-order valence-electron chi connectivity index (χ0n) is 15.6. The van der Waals surface area contributed by atoms with Crippen molar-refractivity contribution >= 4 is 39.2 Å². The molecule has 0 atom stereocenters. The average Bonchev–Trinajstić information content (AvgIpc) is 3.38. The second-order valence-corrected chi connectivity index (χ2v) is 9.32. The number of nitrogens with zero attached hydrogens (tertiary/aromatic N) is 2. The predicted molar refractivity (Wildman–Crippen MR) is 112 cm³/mol. The van der Waals surface area contributed by atoms with E-state index in [1.54, 1.807) is 16.9 Å². The Hall–Kier alpha value is -2.39. The first-order valence-electron chi connectivity index (χ1n) is 9.12. The fraction of sp³-hybridized carbons (Fsp3) is 0.200. The van der Waals surface area contributed by atoms with Crippen LogP contribution in [0.3, 0.4) is 0 Å². The Bertz CT molecular complexity index is 1190.